The molecule has 2 amide bonds. The van der Waals surface area contributed by atoms with Crippen molar-refractivity contribution in [2.45, 2.75) is 11.7 Å². The van der Waals surface area contributed by atoms with Gasteiger partial charge in [-0.15, -0.1) is 0 Å². The average Bonchev–Trinajstić information content (AvgIpc) is 3.06. The van der Waals surface area contributed by atoms with Crippen LogP contribution in [0.2, 0.25) is 0 Å². The van der Waals surface area contributed by atoms with E-state index in [-0.39, 0.29) is 18.0 Å². The van der Waals surface area contributed by atoms with E-state index in [2.05, 4.69) is 15.6 Å². The number of hydrogen-bond acceptors (Lipinski definition) is 8. The van der Waals surface area contributed by atoms with Gasteiger partial charge >= 0.3 is 0 Å². The Morgan fingerprint density at radius 1 is 1.23 bits per heavy atom. The van der Waals surface area contributed by atoms with E-state index in [0.29, 0.717) is 41.3 Å². The van der Waals surface area contributed by atoms with Crippen LogP contribution in [0.5, 0.6) is 11.5 Å². The van der Waals surface area contributed by atoms with E-state index in [1.807, 2.05) is 0 Å². The van der Waals surface area contributed by atoms with E-state index in [1.54, 1.807) is 24.3 Å². The van der Waals surface area contributed by atoms with Gasteiger partial charge in [-0.25, -0.2) is 4.99 Å². The second-order valence-corrected chi connectivity index (χ2v) is 7.59. The third-order valence-corrected chi connectivity index (χ3v) is 5.33. The predicted molar refractivity (Wildman–Crippen MR) is 110 cm³/mol. The van der Waals surface area contributed by atoms with Crippen molar-refractivity contribution in [2.75, 3.05) is 18.5 Å². The van der Waals surface area contributed by atoms with Gasteiger partial charge < -0.3 is 20.1 Å². The van der Waals surface area contributed by atoms with Gasteiger partial charge in [0.1, 0.15) is 18.5 Å². The van der Waals surface area contributed by atoms with Gasteiger partial charge in [0, 0.05) is 30.3 Å². The monoisotopic (exact) mass is 428 g/mol. The number of ether oxygens (including phenoxy) is 2. The zero-order valence-electron chi connectivity index (χ0n) is 15.5. The molecule has 30 heavy (non-hydrogen) atoms. The van der Waals surface area contributed by atoms with Gasteiger partial charge in [-0.2, -0.15) is 0 Å². The fraction of sp³-hybridized carbons (Fsp3) is 0.211. The van der Waals surface area contributed by atoms with E-state index in [1.165, 1.54) is 18.2 Å². The molecular weight excluding hydrogens is 412 g/mol. The summed E-state index contributed by atoms with van der Waals surface area (Å²) in [5.74, 6) is 0.475. The minimum Gasteiger partial charge on any atom is -0.486 e. The highest BCUT2D eigenvalue weighted by Gasteiger charge is 2.32. The van der Waals surface area contributed by atoms with Crippen LogP contribution in [0, 0.1) is 10.1 Å². The van der Waals surface area contributed by atoms with Crippen LogP contribution >= 0.6 is 11.8 Å². The van der Waals surface area contributed by atoms with Crippen LogP contribution in [-0.2, 0) is 9.59 Å². The molecular formula is C19H16N4O6S. The highest BCUT2D eigenvalue weighted by molar-refractivity contribution is 8.15. The van der Waals surface area contributed by atoms with Crippen molar-refractivity contribution in [2.24, 2.45) is 4.99 Å². The number of nitro benzene ring substituents is 1. The molecule has 2 aromatic carbocycles. The molecule has 11 heteroatoms. The smallest absolute Gasteiger partial charge is 0.271 e. The molecule has 2 N–H and O–H groups in total. The molecule has 4 rings (SSSR count). The maximum atomic E-state index is 12.3. The van der Waals surface area contributed by atoms with Crippen molar-refractivity contribution in [3.05, 3.63) is 52.6 Å². The molecule has 0 spiro atoms. The van der Waals surface area contributed by atoms with Crippen LogP contribution in [0.3, 0.4) is 0 Å². The highest BCUT2D eigenvalue weighted by Crippen LogP contribution is 2.34. The van der Waals surface area contributed by atoms with Crippen molar-refractivity contribution in [1.82, 2.24) is 5.32 Å². The first-order valence-electron chi connectivity index (χ1n) is 8.98. The molecule has 0 bridgehead atoms. The summed E-state index contributed by atoms with van der Waals surface area (Å²) in [4.78, 5) is 39.2. The molecule has 0 aromatic heterocycles. The maximum absolute atomic E-state index is 12.3. The first kappa shape index (κ1) is 19.7. The second-order valence-electron chi connectivity index (χ2n) is 6.40. The summed E-state index contributed by atoms with van der Waals surface area (Å²) in [7, 11) is 0. The van der Waals surface area contributed by atoms with E-state index < -0.39 is 16.1 Å². The molecule has 0 radical (unpaired) electrons. The molecule has 0 saturated carbocycles. The Kier molecular flexibility index (Phi) is 5.53. The topological polar surface area (TPSA) is 132 Å². The Labute approximate surface area is 174 Å². The van der Waals surface area contributed by atoms with Crippen LogP contribution < -0.4 is 20.1 Å². The molecule has 2 heterocycles. The van der Waals surface area contributed by atoms with Crippen molar-refractivity contribution in [3.63, 3.8) is 0 Å². The van der Waals surface area contributed by atoms with Crippen molar-refractivity contribution in [3.8, 4) is 11.5 Å². The molecule has 1 fully saturated rings. The van der Waals surface area contributed by atoms with Gasteiger partial charge in [0.05, 0.1) is 10.6 Å². The summed E-state index contributed by atoms with van der Waals surface area (Å²) in [6.45, 7) is 0.952. The van der Waals surface area contributed by atoms with E-state index >= 15 is 0 Å². The van der Waals surface area contributed by atoms with Crippen molar-refractivity contribution >= 4 is 45.8 Å². The Morgan fingerprint density at radius 2 is 2.03 bits per heavy atom. The molecule has 0 unspecified atom stereocenters. The van der Waals surface area contributed by atoms with Crippen LogP contribution in [-0.4, -0.2) is 40.4 Å². The largest absolute Gasteiger partial charge is 0.486 e. The number of nitrogens with one attached hydrogen (secondary N) is 2. The minimum atomic E-state index is -0.653. The number of amides is 2. The van der Waals surface area contributed by atoms with E-state index in [4.69, 9.17) is 9.47 Å². The molecule has 2 aliphatic heterocycles. The van der Waals surface area contributed by atoms with Crippen LogP contribution in [0.4, 0.5) is 17.1 Å². The SMILES string of the molecule is O=C(C[C@H]1SC(=Nc2ccc3c(c2)OCCO3)NC1=O)Nc1cccc([N+](=O)[O-])c1. The molecule has 2 aromatic rings. The first-order valence-corrected chi connectivity index (χ1v) is 9.86. The third-order valence-electron chi connectivity index (χ3n) is 4.24. The zero-order valence-corrected chi connectivity index (χ0v) is 16.3. The number of rotatable bonds is 5. The lowest BCUT2D eigenvalue weighted by Crippen LogP contribution is -2.28. The lowest BCUT2D eigenvalue weighted by molar-refractivity contribution is -0.384. The zero-order chi connectivity index (χ0) is 21.1. The van der Waals surface area contributed by atoms with Crippen LogP contribution in [0.1, 0.15) is 6.42 Å². The second kappa shape index (κ2) is 8.41. The summed E-state index contributed by atoms with van der Waals surface area (Å²) in [5, 5.41) is 15.8. The van der Waals surface area contributed by atoms with E-state index in [0.717, 1.165) is 11.8 Å². The number of nitrogens with zero attached hydrogens (tertiary/aromatic N) is 2. The summed E-state index contributed by atoms with van der Waals surface area (Å²) < 4.78 is 11.0. The number of nitro groups is 1. The number of hydrogen-bond donors (Lipinski definition) is 2. The summed E-state index contributed by atoms with van der Waals surface area (Å²) in [6, 6.07) is 10.8. The quantitative estimate of drug-likeness (QED) is 0.552. The Bertz CT molecular complexity index is 1060. The highest BCUT2D eigenvalue weighted by atomic mass is 32.2. The number of anilines is 1. The van der Waals surface area contributed by atoms with Gasteiger partial charge in [-0.1, -0.05) is 17.8 Å². The standard InChI is InChI=1S/C19H16N4O6S/c24-17(20-11-2-1-3-13(8-11)23(26)27)10-16-18(25)22-19(30-16)21-12-4-5-14-15(9-12)29-7-6-28-14/h1-5,8-9,16H,6-7,10H2,(H,20,24)(H,21,22,25)/t16-/m1/s1. The number of benzene rings is 2. The average molecular weight is 428 g/mol. The van der Waals surface area contributed by atoms with Crippen molar-refractivity contribution in [1.29, 1.82) is 0 Å². The number of thioether (sulfide) groups is 1. The molecule has 0 aliphatic carbocycles. The maximum Gasteiger partial charge on any atom is 0.271 e. The predicted octanol–water partition coefficient (Wildman–Crippen LogP) is 2.61. The number of fused-ring (bicyclic) bond motifs is 1. The van der Waals surface area contributed by atoms with Gasteiger partial charge in [-0.05, 0) is 18.2 Å². The molecule has 1 saturated heterocycles. The molecule has 1 atom stereocenters. The van der Waals surface area contributed by atoms with Gasteiger partial charge in [0.25, 0.3) is 5.69 Å². The number of non-ortho nitro benzene ring substituents is 1. The Balaban J connectivity index is 1.39. The normalized spacial score (nSPS) is 18.7. The lowest BCUT2D eigenvalue weighted by Gasteiger charge is -2.18. The lowest BCUT2D eigenvalue weighted by atomic mass is 10.2. The van der Waals surface area contributed by atoms with Crippen LogP contribution in [0.25, 0.3) is 0 Å². The number of aliphatic imine (C=N–C) groups is 1. The number of amidine groups is 1. The molecule has 10 nitrogen and oxygen atoms in total. The Morgan fingerprint density at radius 3 is 2.83 bits per heavy atom. The van der Waals surface area contributed by atoms with Crippen molar-refractivity contribution < 1.29 is 24.0 Å². The summed E-state index contributed by atoms with van der Waals surface area (Å²) >= 11 is 1.15. The van der Waals surface area contributed by atoms with E-state index in [9.17, 15) is 19.7 Å². The third kappa shape index (κ3) is 4.51. The van der Waals surface area contributed by atoms with Gasteiger partial charge in [0.2, 0.25) is 11.8 Å². The van der Waals surface area contributed by atoms with Crippen LogP contribution in [0.15, 0.2) is 47.5 Å². The number of carbonyl (C=O) groups excluding carboxylic acids is 2. The molecule has 2 aliphatic rings. The minimum absolute atomic E-state index is 0.0979. The first-order chi connectivity index (χ1) is 14.5. The fourth-order valence-electron chi connectivity index (χ4n) is 2.89. The number of carbonyl (C=O) groups is 2. The molecule has 154 valence electrons. The summed E-state index contributed by atoms with van der Waals surface area (Å²) in [5.41, 5.74) is 0.751. The Hall–Kier alpha value is -3.60. The van der Waals surface area contributed by atoms with Gasteiger partial charge in [0.15, 0.2) is 16.7 Å². The fourth-order valence-corrected chi connectivity index (χ4v) is 3.88. The summed E-state index contributed by atoms with van der Waals surface area (Å²) in [6.07, 6.45) is -0.0979. The van der Waals surface area contributed by atoms with Gasteiger partial charge in [-0.3, -0.25) is 19.7 Å².